The number of aromatic nitrogens is 3. The van der Waals surface area contributed by atoms with Crippen molar-refractivity contribution in [1.82, 2.24) is 19.9 Å². The van der Waals surface area contributed by atoms with Gasteiger partial charge in [0.25, 0.3) is 5.56 Å². The molecule has 6 heteroatoms. The van der Waals surface area contributed by atoms with Crippen molar-refractivity contribution in [2.45, 2.75) is 18.0 Å². The van der Waals surface area contributed by atoms with Crippen LogP contribution in [0.3, 0.4) is 0 Å². The number of rotatable bonds is 5. The Bertz CT molecular complexity index is 863. The summed E-state index contributed by atoms with van der Waals surface area (Å²) in [5.41, 5.74) is 2.47. The highest BCUT2D eigenvalue weighted by atomic mass is 32.2. The van der Waals surface area contributed by atoms with Gasteiger partial charge in [-0.25, -0.2) is 0 Å². The zero-order valence-electron chi connectivity index (χ0n) is 13.1. The predicted octanol–water partition coefficient (Wildman–Crippen LogP) is 2.67. The van der Waals surface area contributed by atoms with E-state index in [1.165, 1.54) is 0 Å². The van der Waals surface area contributed by atoms with Gasteiger partial charge in [0.1, 0.15) is 0 Å². The zero-order valence-corrected chi connectivity index (χ0v) is 13.9. The van der Waals surface area contributed by atoms with E-state index in [4.69, 9.17) is 0 Å². The summed E-state index contributed by atoms with van der Waals surface area (Å²) < 4.78 is 0. The van der Waals surface area contributed by atoms with E-state index in [-0.39, 0.29) is 5.56 Å². The zero-order chi connectivity index (χ0) is 16.2. The molecule has 0 bridgehead atoms. The highest BCUT2D eigenvalue weighted by Gasteiger charge is 2.08. The summed E-state index contributed by atoms with van der Waals surface area (Å²) in [5.74, 6) is 0. The molecule has 0 atom stereocenters. The number of hydrogen-bond acceptors (Lipinski definition) is 5. The average molecular weight is 326 g/mol. The number of benzene rings is 1. The molecule has 1 N–H and O–H groups in total. The van der Waals surface area contributed by atoms with Crippen LogP contribution in [-0.2, 0) is 13.1 Å². The Morgan fingerprint density at radius 3 is 2.83 bits per heavy atom. The third-order valence-corrected chi connectivity index (χ3v) is 4.34. The van der Waals surface area contributed by atoms with E-state index in [0.29, 0.717) is 13.1 Å². The minimum absolute atomic E-state index is 0.0400. The molecule has 0 amide bonds. The van der Waals surface area contributed by atoms with Crippen LogP contribution in [0.2, 0.25) is 0 Å². The average Bonchev–Trinajstić information content (AvgIpc) is 2.56. The lowest BCUT2D eigenvalue weighted by molar-refractivity contribution is 0.313. The summed E-state index contributed by atoms with van der Waals surface area (Å²) >= 11 is 1.66. The Labute approximate surface area is 138 Å². The Hall–Kier alpha value is -2.18. The lowest BCUT2D eigenvalue weighted by Crippen LogP contribution is -2.23. The lowest BCUT2D eigenvalue weighted by atomic mass is 10.1. The molecule has 0 unspecified atom stereocenters. The molecule has 1 aromatic carbocycles. The maximum Gasteiger partial charge on any atom is 0.252 e. The maximum absolute atomic E-state index is 12.3. The number of pyridine rings is 1. The van der Waals surface area contributed by atoms with Crippen LogP contribution in [0.1, 0.15) is 11.3 Å². The van der Waals surface area contributed by atoms with Gasteiger partial charge in [-0.1, -0.05) is 6.07 Å². The molecule has 0 saturated heterocycles. The number of fused-ring (bicyclic) bond motifs is 1. The highest BCUT2D eigenvalue weighted by molar-refractivity contribution is 7.98. The molecule has 0 radical (unpaired) electrons. The minimum Gasteiger partial charge on any atom is -0.322 e. The number of nitrogens with one attached hydrogen (secondary N) is 1. The van der Waals surface area contributed by atoms with Gasteiger partial charge in [-0.15, -0.1) is 11.8 Å². The van der Waals surface area contributed by atoms with E-state index >= 15 is 0 Å². The van der Waals surface area contributed by atoms with Crippen molar-refractivity contribution in [3.63, 3.8) is 0 Å². The smallest absolute Gasteiger partial charge is 0.252 e. The Morgan fingerprint density at radius 2 is 2.09 bits per heavy atom. The van der Waals surface area contributed by atoms with Gasteiger partial charge in [0.2, 0.25) is 0 Å². The first-order valence-electron chi connectivity index (χ1n) is 7.29. The fraction of sp³-hybridized carbons (Fsp3) is 0.235. The Kier molecular flexibility index (Phi) is 4.73. The summed E-state index contributed by atoms with van der Waals surface area (Å²) in [7, 11) is 1.97. The Balaban J connectivity index is 1.82. The summed E-state index contributed by atoms with van der Waals surface area (Å²) in [6.07, 6.45) is 7.09. The molecule has 3 aromatic rings. The van der Waals surface area contributed by atoms with Crippen LogP contribution < -0.4 is 5.56 Å². The molecule has 0 fully saturated rings. The van der Waals surface area contributed by atoms with Gasteiger partial charge < -0.3 is 4.98 Å². The van der Waals surface area contributed by atoms with Crippen LogP contribution in [0, 0.1) is 0 Å². The fourth-order valence-corrected chi connectivity index (χ4v) is 2.94. The van der Waals surface area contributed by atoms with E-state index in [2.05, 4.69) is 25.9 Å². The molecule has 23 heavy (non-hydrogen) atoms. The van der Waals surface area contributed by atoms with Crippen molar-refractivity contribution in [1.29, 1.82) is 0 Å². The quantitative estimate of drug-likeness (QED) is 0.730. The van der Waals surface area contributed by atoms with Crippen molar-refractivity contribution in [3.05, 3.63) is 64.5 Å². The summed E-state index contributed by atoms with van der Waals surface area (Å²) in [6.45, 7) is 1.21. The molecule has 0 saturated carbocycles. The molecule has 0 aliphatic rings. The molecule has 118 valence electrons. The third-order valence-electron chi connectivity index (χ3n) is 3.62. The second-order valence-corrected chi connectivity index (χ2v) is 6.33. The van der Waals surface area contributed by atoms with Crippen LogP contribution in [-0.4, -0.2) is 33.2 Å². The SMILES string of the molecule is CSc1ccc2cc(CN(C)Cc3cnccn3)c(=O)[nH]c2c1. The standard InChI is InChI=1S/C17H18N4OS/c1-21(11-14-9-18-5-6-19-14)10-13-7-12-3-4-15(23-2)8-16(12)20-17(13)22/h3-9H,10-11H2,1-2H3,(H,20,22). The minimum atomic E-state index is -0.0400. The van der Waals surface area contributed by atoms with Gasteiger partial charge >= 0.3 is 0 Å². The lowest BCUT2D eigenvalue weighted by Gasteiger charge is -2.15. The predicted molar refractivity (Wildman–Crippen MR) is 93.6 cm³/mol. The second kappa shape index (κ2) is 6.93. The van der Waals surface area contributed by atoms with Crippen molar-refractivity contribution in [2.75, 3.05) is 13.3 Å². The van der Waals surface area contributed by atoms with Crippen LogP contribution in [0.25, 0.3) is 10.9 Å². The first-order chi connectivity index (χ1) is 11.2. The van der Waals surface area contributed by atoms with Crippen molar-refractivity contribution < 1.29 is 0 Å². The maximum atomic E-state index is 12.3. The van der Waals surface area contributed by atoms with E-state index in [0.717, 1.165) is 27.1 Å². The molecule has 0 aliphatic heterocycles. The largest absolute Gasteiger partial charge is 0.322 e. The van der Waals surface area contributed by atoms with Crippen LogP contribution in [0.5, 0.6) is 0 Å². The highest BCUT2D eigenvalue weighted by Crippen LogP contribution is 2.20. The van der Waals surface area contributed by atoms with Gasteiger partial charge in [-0.05, 0) is 36.9 Å². The van der Waals surface area contributed by atoms with Gasteiger partial charge in [-0.2, -0.15) is 0 Å². The van der Waals surface area contributed by atoms with Crippen molar-refractivity contribution >= 4 is 22.7 Å². The number of nitrogens with zero attached hydrogens (tertiary/aromatic N) is 3. The third kappa shape index (κ3) is 3.78. The van der Waals surface area contributed by atoms with Gasteiger partial charge in [0.05, 0.1) is 5.69 Å². The number of H-pyrrole nitrogens is 1. The number of aromatic amines is 1. The molecule has 5 nitrogen and oxygen atoms in total. The molecule has 0 spiro atoms. The fourth-order valence-electron chi connectivity index (χ4n) is 2.50. The molecular weight excluding hydrogens is 308 g/mol. The summed E-state index contributed by atoms with van der Waals surface area (Å²) in [5, 5.41) is 1.05. The topological polar surface area (TPSA) is 61.9 Å². The molecule has 2 aromatic heterocycles. The monoisotopic (exact) mass is 326 g/mol. The van der Waals surface area contributed by atoms with Crippen LogP contribution >= 0.6 is 11.8 Å². The second-order valence-electron chi connectivity index (χ2n) is 5.45. The van der Waals surface area contributed by atoms with Crippen molar-refractivity contribution in [3.8, 4) is 0 Å². The molecule has 2 heterocycles. The van der Waals surface area contributed by atoms with E-state index in [9.17, 15) is 4.79 Å². The first-order valence-corrected chi connectivity index (χ1v) is 8.51. The van der Waals surface area contributed by atoms with Crippen molar-refractivity contribution in [2.24, 2.45) is 0 Å². The summed E-state index contributed by atoms with van der Waals surface area (Å²) in [4.78, 5) is 26.8. The molecular formula is C17H18N4OS. The van der Waals surface area contributed by atoms with Gasteiger partial charge in [0, 0.05) is 47.7 Å². The van der Waals surface area contributed by atoms with E-state index < -0.39 is 0 Å². The molecule has 0 aliphatic carbocycles. The first kappa shape index (κ1) is 15.7. The van der Waals surface area contributed by atoms with Crippen LogP contribution in [0.15, 0.2) is 52.5 Å². The summed E-state index contributed by atoms with van der Waals surface area (Å²) in [6, 6.07) is 8.08. The van der Waals surface area contributed by atoms with Gasteiger partial charge in [-0.3, -0.25) is 19.7 Å². The Morgan fingerprint density at radius 1 is 1.22 bits per heavy atom. The number of hydrogen-bond donors (Lipinski definition) is 1. The number of thioether (sulfide) groups is 1. The van der Waals surface area contributed by atoms with Gasteiger partial charge in [0.15, 0.2) is 0 Å². The van der Waals surface area contributed by atoms with E-state index in [1.807, 2.05) is 31.5 Å². The van der Waals surface area contributed by atoms with Crippen LogP contribution in [0.4, 0.5) is 0 Å². The molecule has 3 rings (SSSR count). The normalized spacial score (nSPS) is 11.3. The van der Waals surface area contributed by atoms with E-state index in [1.54, 1.807) is 30.4 Å².